The molecule has 1 aromatic carbocycles. The molecule has 1 fully saturated rings. The van der Waals surface area contributed by atoms with Crippen LogP contribution in [0.3, 0.4) is 0 Å². The summed E-state index contributed by atoms with van der Waals surface area (Å²) in [7, 11) is 1.97. The number of carbonyl (C=O) groups is 1. The van der Waals surface area contributed by atoms with Crippen molar-refractivity contribution in [2.45, 2.75) is 58.0 Å². The van der Waals surface area contributed by atoms with E-state index in [9.17, 15) is 4.79 Å². The molecule has 1 saturated carbocycles. The van der Waals surface area contributed by atoms with E-state index >= 15 is 0 Å². The highest BCUT2D eigenvalue weighted by atomic mass is 16.2. The van der Waals surface area contributed by atoms with Crippen LogP contribution in [0.2, 0.25) is 0 Å². The molecule has 1 aliphatic rings. The average molecular weight is 288 g/mol. The van der Waals surface area contributed by atoms with Crippen molar-refractivity contribution in [3.8, 4) is 0 Å². The van der Waals surface area contributed by atoms with Gasteiger partial charge in [-0.15, -0.1) is 0 Å². The molecule has 0 saturated heterocycles. The number of nitrogens with zero attached hydrogens (tertiary/aromatic N) is 1. The zero-order chi connectivity index (χ0) is 15.2. The van der Waals surface area contributed by atoms with Crippen molar-refractivity contribution in [3.63, 3.8) is 0 Å². The number of amides is 1. The molecular formula is C18H28N2O. The van der Waals surface area contributed by atoms with Crippen LogP contribution in [-0.2, 0) is 17.8 Å². The van der Waals surface area contributed by atoms with Gasteiger partial charge in [-0.25, -0.2) is 0 Å². The van der Waals surface area contributed by atoms with Gasteiger partial charge in [0.15, 0.2) is 0 Å². The Morgan fingerprint density at radius 3 is 2.24 bits per heavy atom. The molecule has 0 atom stereocenters. The Morgan fingerprint density at radius 1 is 1.14 bits per heavy atom. The Labute approximate surface area is 128 Å². The van der Waals surface area contributed by atoms with Gasteiger partial charge in [-0.3, -0.25) is 4.79 Å². The summed E-state index contributed by atoms with van der Waals surface area (Å²) in [6, 6.07) is 8.48. The molecule has 21 heavy (non-hydrogen) atoms. The molecule has 0 bridgehead atoms. The van der Waals surface area contributed by atoms with E-state index in [1.807, 2.05) is 36.2 Å². The Morgan fingerprint density at radius 2 is 1.71 bits per heavy atom. The van der Waals surface area contributed by atoms with Crippen LogP contribution in [0.4, 0.5) is 0 Å². The van der Waals surface area contributed by atoms with Gasteiger partial charge in [0.25, 0.3) is 0 Å². The van der Waals surface area contributed by atoms with Gasteiger partial charge in [0.05, 0.1) is 6.42 Å². The first-order valence-electron chi connectivity index (χ1n) is 8.17. The summed E-state index contributed by atoms with van der Waals surface area (Å²) < 4.78 is 0. The first-order valence-corrected chi connectivity index (χ1v) is 8.17. The molecule has 1 aliphatic carbocycles. The summed E-state index contributed by atoms with van der Waals surface area (Å²) in [6.45, 7) is 2.82. The third-order valence-electron chi connectivity index (χ3n) is 4.95. The maximum atomic E-state index is 12.4. The van der Waals surface area contributed by atoms with E-state index in [0.717, 1.165) is 29.9 Å². The summed E-state index contributed by atoms with van der Waals surface area (Å²) in [5, 5.41) is 0. The summed E-state index contributed by atoms with van der Waals surface area (Å²) in [5.74, 6) is 1.10. The van der Waals surface area contributed by atoms with Crippen LogP contribution in [0, 0.1) is 5.92 Å². The van der Waals surface area contributed by atoms with E-state index < -0.39 is 0 Å². The van der Waals surface area contributed by atoms with Crippen molar-refractivity contribution < 1.29 is 4.79 Å². The highest BCUT2D eigenvalue weighted by molar-refractivity contribution is 5.78. The number of likely N-dealkylation sites (N-methyl/N-ethyl adjacent to an activating group) is 1. The molecule has 1 amide bonds. The lowest BCUT2D eigenvalue weighted by molar-refractivity contribution is -0.132. The van der Waals surface area contributed by atoms with Gasteiger partial charge in [-0.2, -0.15) is 0 Å². The SMILES string of the molecule is CCC1CCC(N(C)C(=O)Cc2ccc(CN)cc2)CC1. The Bertz CT molecular complexity index is 447. The van der Waals surface area contributed by atoms with Crippen LogP contribution >= 0.6 is 0 Å². The second kappa shape index (κ2) is 7.60. The zero-order valence-corrected chi connectivity index (χ0v) is 13.3. The number of carbonyl (C=O) groups excluding carboxylic acids is 1. The second-order valence-corrected chi connectivity index (χ2v) is 6.28. The number of nitrogens with two attached hydrogens (primary N) is 1. The quantitative estimate of drug-likeness (QED) is 0.905. The molecule has 1 aromatic rings. The van der Waals surface area contributed by atoms with Crippen LogP contribution in [0.15, 0.2) is 24.3 Å². The summed E-state index contributed by atoms with van der Waals surface area (Å²) >= 11 is 0. The average Bonchev–Trinajstić information content (AvgIpc) is 2.55. The fourth-order valence-electron chi connectivity index (χ4n) is 3.24. The van der Waals surface area contributed by atoms with Gasteiger partial charge >= 0.3 is 0 Å². The lowest BCUT2D eigenvalue weighted by atomic mass is 9.84. The topological polar surface area (TPSA) is 46.3 Å². The van der Waals surface area contributed by atoms with Gasteiger partial charge in [-0.1, -0.05) is 37.6 Å². The largest absolute Gasteiger partial charge is 0.342 e. The highest BCUT2D eigenvalue weighted by Gasteiger charge is 2.25. The minimum Gasteiger partial charge on any atom is -0.342 e. The third kappa shape index (κ3) is 4.31. The van der Waals surface area contributed by atoms with E-state index in [0.29, 0.717) is 19.0 Å². The van der Waals surface area contributed by atoms with Gasteiger partial charge in [-0.05, 0) is 42.7 Å². The zero-order valence-electron chi connectivity index (χ0n) is 13.3. The van der Waals surface area contributed by atoms with E-state index in [1.54, 1.807) is 0 Å². The van der Waals surface area contributed by atoms with Gasteiger partial charge in [0, 0.05) is 19.6 Å². The molecule has 3 heteroatoms. The smallest absolute Gasteiger partial charge is 0.226 e. The molecule has 3 nitrogen and oxygen atoms in total. The normalized spacial score (nSPS) is 22.0. The van der Waals surface area contributed by atoms with E-state index in [4.69, 9.17) is 5.73 Å². The molecular weight excluding hydrogens is 260 g/mol. The van der Waals surface area contributed by atoms with Crippen LogP contribution in [0.5, 0.6) is 0 Å². The van der Waals surface area contributed by atoms with Crippen molar-refractivity contribution in [2.24, 2.45) is 11.7 Å². The minimum atomic E-state index is 0.232. The lowest BCUT2D eigenvalue weighted by Crippen LogP contribution is -2.40. The number of benzene rings is 1. The summed E-state index contributed by atoms with van der Waals surface area (Å²) in [4.78, 5) is 14.4. The molecule has 0 unspecified atom stereocenters. The fraction of sp³-hybridized carbons (Fsp3) is 0.611. The van der Waals surface area contributed by atoms with Crippen molar-refractivity contribution in [2.75, 3.05) is 7.05 Å². The monoisotopic (exact) mass is 288 g/mol. The van der Waals surface area contributed by atoms with Crippen molar-refractivity contribution in [1.29, 1.82) is 0 Å². The lowest BCUT2D eigenvalue weighted by Gasteiger charge is -2.34. The van der Waals surface area contributed by atoms with Crippen molar-refractivity contribution >= 4 is 5.91 Å². The summed E-state index contributed by atoms with van der Waals surface area (Å²) in [6.07, 6.45) is 6.63. The highest BCUT2D eigenvalue weighted by Crippen LogP contribution is 2.29. The predicted octanol–water partition coefficient (Wildman–Crippen LogP) is 3.12. The molecule has 0 aliphatic heterocycles. The van der Waals surface area contributed by atoms with Gasteiger partial charge < -0.3 is 10.6 Å². The van der Waals surface area contributed by atoms with E-state index in [-0.39, 0.29) is 5.91 Å². The van der Waals surface area contributed by atoms with Crippen molar-refractivity contribution in [1.82, 2.24) is 4.90 Å². The van der Waals surface area contributed by atoms with Crippen LogP contribution in [-0.4, -0.2) is 23.9 Å². The van der Waals surface area contributed by atoms with Crippen molar-refractivity contribution in [3.05, 3.63) is 35.4 Å². The molecule has 116 valence electrons. The van der Waals surface area contributed by atoms with Crippen LogP contribution in [0.1, 0.15) is 50.2 Å². The Balaban J connectivity index is 1.87. The molecule has 2 rings (SSSR count). The maximum Gasteiger partial charge on any atom is 0.226 e. The second-order valence-electron chi connectivity index (χ2n) is 6.28. The Hall–Kier alpha value is -1.35. The molecule has 0 heterocycles. The van der Waals surface area contributed by atoms with Gasteiger partial charge in [0.2, 0.25) is 5.91 Å². The molecule has 0 spiro atoms. The van der Waals surface area contributed by atoms with Crippen LogP contribution < -0.4 is 5.73 Å². The minimum absolute atomic E-state index is 0.232. The maximum absolute atomic E-state index is 12.4. The number of hydrogen-bond acceptors (Lipinski definition) is 2. The van der Waals surface area contributed by atoms with E-state index in [2.05, 4.69) is 6.92 Å². The first kappa shape index (κ1) is 16.0. The molecule has 0 aromatic heterocycles. The van der Waals surface area contributed by atoms with Gasteiger partial charge in [0.1, 0.15) is 0 Å². The predicted molar refractivity (Wildman–Crippen MR) is 86.8 cm³/mol. The third-order valence-corrected chi connectivity index (χ3v) is 4.95. The summed E-state index contributed by atoms with van der Waals surface area (Å²) in [5.41, 5.74) is 7.78. The fourth-order valence-corrected chi connectivity index (χ4v) is 3.24. The molecule has 0 radical (unpaired) electrons. The standard InChI is InChI=1S/C18H28N2O/c1-3-14-8-10-17(11-9-14)20(2)18(21)12-15-4-6-16(13-19)7-5-15/h4-7,14,17H,3,8-13,19H2,1-2H3. The number of rotatable bonds is 5. The molecule has 2 N–H and O–H groups in total. The van der Waals surface area contributed by atoms with Crippen LogP contribution in [0.25, 0.3) is 0 Å². The number of hydrogen-bond donors (Lipinski definition) is 1. The van der Waals surface area contributed by atoms with E-state index in [1.165, 1.54) is 19.3 Å². The first-order chi connectivity index (χ1) is 10.1. The Kier molecular flexibility index (Phi) is 5.80.